The van der Waals surface area contributed by atoms with Crippen molar-refractivity contribution in [3.8, 4) is 11.1 Å². The Bertz CT molecular complexity index is 1000. The molecule has 0 saturated carbocycles. The van der Waals surface area contributed by atoms with Gasteiger partial charge in [0.15, 0.2) is 0 Å². The summed E-state index contributed by atoms with van der Waals surface area (Å²) >= 11 is 0. The van der Waals surface area contributed by atoms with Gasteiger partial charge >= 0.3 is 6.03 Å². The molecule has 0 unspecified atom stereocenters. The maximum absolute atomic E-state index is 13.1. The molecule has 0 radical (unpaired) electrons. The van der Waals surface area contributed by atoms with Gasteiger partial charge in [-0.1, -0.05) is 60.7 Å². The zero-order chi connectivity index (χ0) is 20.8. The zero-order valence-corrected chi connectivity index (χ0v) is 17.4. The van der Waals surface area contributed by atoms with Crippen molar-refractivity contribution < 1.29 is 9.53 Å². The van der Waals surface area contributed by atoms with Crippen molar-refractivity contribution in [2.45, 2.75) is 25.8 Å². The number of ether oxygens (including phenoxy) is 1. The van der Waals surface area contributed by atoms with E-state index in [-0.39, 0.29) is 6.03 Å². The second-order valence-corrected chi connectivity index (χ2v) is 7.74. The van der Waals surface area contributed by atoms with Crippen LogP contribution in [-0.2, 0) is 17.7 Å². The molecular formula is C26H28N2O2. The summed E-state index contributed by atoms with van der Waals surface area (Å²) in [5.74, 6) is 0. The first-order valence-corrected chi connectivity index (χ1v) is 10.5. The van der Waals surface area contributed by atoms with Crippen molar-refractivity contribution in [3.63, 3.8) is 0 Å². The number of methoxy groups -OCH3 is 1. The molecular weight excluding hydrogens is 372 g/mol. The third kappa shape index (κ3) is 4.71. The fraction of sp³-hybridized carbons (Fsp3) is 0.269. The molecule has 0 bridgehead atoms. The second-order valence-electron chi connectivity index (χ2n) is 7.74. The third-order valence-corrected chi connectivity index (χ3v) is 5.57. The maximum atomic E-state index is 13.1. The van der Waals surface area contributed by atoms with Crippen LogP contribution in [-0.4, -0.2) is 31.2 Å². The number of nitrogens with one attached hydrogen (secondary N) is 1. The summed E-state index contributed by atoms with van der Waals surface area (Å²) in [5, 5.41) is 3.12. The molecule has 1 aliphatic rings. The minimum Gasteiger partial charge on any atom is -0.385 e. The molecule has 4 rings (SSSR count). The molecule has 0 atom stereocenters. The molecule has 3 aromatic carbocycles. The van der Waals surface area contributed by atoms with E-state index in [1.807, 2.05) is 29.2 Å². The van der Waals surface area contributed by atoms with Gasteiger partial charge in [-0.3, -0.25) is 0 Å². The molecule has 0 aliphatic heterocycles. The molecule has 2 amide bonds. The van der Waals surface area contributed by atoms with Crippen LogP contribution >= 0.6 is 0 Å². The molecule has 0 fully saturated rings. The standard InChI is InChI=1S/C26H28N2O2/c1-30-16-8-7-15-28(19-20-9-3-2-4-10-20)26(29)27-23-13-14-25-22(18-23)17-21-11-5-6-12-24(21)25/h2-6,9-14,18H,7-8,15-17,19H2,1H3,(H,27,29). The Morgan fingerprint density at radius 3 is 2.53 bits per heavy atom. The van der Waals surface area contributed by atoms with Crippen molar-refractivity contribution >= 4 is 11.7 Å². The quantitative estimate of drug-likeness (QED) is 0.384. The van der Waals surface area contributed by atoms with Crippen molar-refractivity contribution in [2.75, 3.05) is 25.6 Å². The average molecular weight is 401 g/mol. The van der Waals surface area contributed by atoms with Gasteiger partial charge in [-0.05, 0) is 59.2 Å². The SMILES string of the molecule is COCCCCN(Cc1ccccc1)C(=O)Nc1ccc2c(c1)Cc1ccccc1-2. The summed E-state index contributed by atoms with van der Waals surface area (Å²) < 4.78 is 5.15. The minimum absolute atomic E-state index is 0.0632. The Morgan fingerprint density at radius 2 is 1.70 bits per heavy atom. The third-order valence-electron chi connectivity index (χ3n) is 5.57. The smallest absolute Gasteiger partial charge is 0.322 e. The van der Waals surface area contributed by atoms with Gasteiger partial charge in [-0.15, -0.1) is 0 Å². The Morgan fingerprint density at radius 1 is 0.933 bits per heavy atom. The summed E-state index contributed by atoms with van der Waals surface area (Å²) in [7, 11) is 1.71. The van der Waals surface area contributed by atoms with Crippen molar-refractivity contribution in [1.29, 1.82) is 0 Å². The molecule has 1 aliphatic carbocycles. The largest absolute Gasteiger partial charge is 0.385 e. The van der Waals surface area contributed by atoms with Crippen LogP contribution in [0.4, 0.5) is 10.5 Å². The Kier molecular flexibility index (Phi) is 6.45. The van der Waals surface area contributed by atoms with E-state index in [2.05, 4.69) is 53.8 Å². The maximum Gasteiger partial charge on any atom is 0.322 e. The lowest BCUT2D eigenvalue weighted by atomic mass is 10.1. The van der Waals surface area contributed by atoms with E-state index >= 15 is 0 Å². The fourth-order valence-corrected chi connectivity index (χ4v) is 4.03. The van der Waals surface area contributed by atoms with E-state index < -0.39 is 0 Å². The highest BCUT2D eigenvalue weighted by molar-refractivity contribution is 5.90. The number of hydrogen-bond donors (Lipinski definition) is 1. The van der Waals surface area contributed by atoms with E-state index in [4.69, 9.17) is 4.74 Å². The normalized spacial score (nSPS) is 11.6. The van der Waals surface area contributed by atoms with Gasteiger partial charge in [0.05, 0.1) is 0 Å². The Balaban J connectivity index is 1.46. The number of amides is 2. The monoisotopic (exact) mass is 400 g/mol. The minimum atomic E-state index is -0.0632. The number of anilines is 1. The van der Waals surface area contributed by atoms with E-state index in [9.17, 15) is 4.79 Å². The van der Waals surface area contributed by atoms with E-state index in [1.165, 1.54) is 22.3 Å². The predicted molar refractivity (Wildman–Crippen MR) is 122 cm³/mol. The first-order chi connectivity index (χ1) is 14.7. The number of carbonyl (C=O) groups is 1. The second kappa shape index (κ2) is 9.59. The summed E-state index contributed by atoms with van der Waals surface area (Å²) in [6, 6.07) is 24.8. The number of unbranched alkanes of at least 4 members (excludes halogenated alkanes) is 1. The topological polar surface area (TPSA) is 41.6 Å². The number of rotatable bonds is 8. The van der Waals surface area contributed by atoms with E-state index in [1.54, 1.807) is 7.11 Å². The van der Waals surface area contributed by atoms with Crippen molar-refractivity contribution in [3.05, 3.63) is 89.5 Å². The highest BCUT2D eigenvalue weighted by Gasteiger charge is 2.19. The fourth-order valence-electron chi connectivity index (χ4n) is 4.03. The molecule has 0 saturated heterocycles. The number of hydrogen-bond acceptors (Lipinski definition) is 2. The van der Waals surface area contributed by atoms with Crippen molar-refractivity contribution in [2.24, 2.45) is 0 Å². The lowest BCUT2D eigenvalue weighted by molar-refractivity contribution is 0.182. The van der Waals surface area contributed by atoms with Gasteiger partial charge in [-0.2, -0.15) is 0 Å². The van der Waals surface area contributed by atoms with Crippen LogP contribution in [0.25, 0.3) is 11.1 Å². The Hall–Kier alpha value is -3.11. The highest BCUT2D eigenvalue weighted by Crippen LogP contribution is 2.37. The molecule has 154 valence electrons. The van der Waals surface area contributed by atoms with Crippen LogP contribution in [0.5, 0.6) is 0 Å². The summed E-state index contributed by atoms with van der Waals surface area (Å²) in [4.78, 5) is 15.0. The zero-order valence-electron chi connectivity index (χ0n) is 17.4. The van der Waals surface area contributed by atoms with Crippen LogP contribution in [0.2, 0.25) is 0 Å². The van der Waals surface area contributed by atoms with Crippen LogP contribution in [0.1, 0.15) is 29.5 Å². The van der Waals surface area contributed by atoms with Crippen LogP contribution in [0.15, 0.2) is 72.8 Å². The molecule has 0 heterocycles. The van der Waals surface area contributed by atoms with Crippen LogP contribution in [0, 0.1) is 0 Å². The lowest BCUT2D eigenvalue weighted by Crippen LogP contribution is -2.35. The van der Waals surface area contributed by atoms with Crippen molar-refractivity contribution in [1.82, 2.24) is 4.90 Å². The van der Waals surface area contributed by atoms with Gasteiger partial charge in [0.2, 0.25) is 0 Å². The molecule has 3 aromatic rings. The summed E-state index contributed by atoms with van der Waals surface area (Å²) in [6.45, 7) is 2.00. The van der Waals surface area contributed by atoms with Gasteiger partial charge in [0.25, 0.3) is 0 Å². The molecule has 4 nitrogen and oxygen atoms in total. The van der Waals surface area contributed by atoms with Crippen LogP contribution < -0.4 is 5.32 Å². The van der Waals surface area contributed by atoms with Crippen LogP contribution in [0.3, 0.4) is 0 Å². The lowest BCUT2D eigenvalue weighted by Gasteiger charge is -2.23. The highest BCUT2D eigenvalue weighted by atomic mass is 16.5. The molecule has 4 heteroatoms. The molecule has 1 N–H and O–H groups in total. The predicted octanol–water partition coefficient (Wildman–Crippen LogP) is 5.72. The van der Waals surface area contributed by atoms with Gasteiger partial charge in [-0.25, -0.2) is 4.79 Å². The number of carbonyl (C=O) groups excluding carboxylic acids is 1. The molecule has 0 aromatic heterocycles. The molecule has 0 spiro atoms. The first kappa shape index (κ1) is 20.2. The van der Waals surface area contributed by atoms with Gasteiger partial charge in [0, 0.05) is 32.5 Å². The number of fused-ring (bicyclic) bond motifs is 3. The van der Waals surface area contributed by atoms with Gasteiger partial charge in [0.1, 0.15) is 0 Å². The summed E-state index contributed by atoms with van der Waals surface area (Å²) in [5.41, 5.74) is 7.16. The van der Waals surface area contributed by atoms with E-state index in [0.717, 1.165) is 30.5 Å². The summed E-state index contributed by atoms with van der Waals surface area (Å²) in [6.07, 6.45) is 2.76. The van der Waals surface area contributed by atoms with E-state index in [0.29, 0.717) is 19.7 Å². The number of benzene rings is 3. The average Bonchev–Trinajstić information content (AvgIpc) is 3.14. The first-order valence-electron chi connectivity index (χ1n) is 10.5. The molecule has 30 heavy (non-hydrogen) atoms. The number of nitrogens with zero attached hydrogens (tertiary/aromatic N) is 1. The number of urea groups is 1. The van der Waals surface area contributed by atoms with Gasteiger partial charge < -0.3 is 15.0 Å². The Labute approximate surface area is 178 Å².